The molecule has 1 rings (SSSR count). The van der Waals surface area contributed by atoms with Gasteiger partial charge in [0.05, 0.1) is 5.57 Å². The molecule has 9 heteroatoms. The van der Waals surface area contributed by atoms with Crippen molar-refractivity contribution in [3.05, 3.63) is 41.5 Å². The largest absolute Gasteiger partial charge is 0.478 e. The smallest absolute Gasteiger partial charge is 0.353 e. The van der Waals surface area contributed by atoms with E-state index in [0.717, 1.165) is 44.3 Å². The number of unbranched alkanes of at least 4 members (excludes halogenated alkanes) is 8. The molecule has 1 aromatic carbocycles. The maximum Gasteiger partial charge on any atom is 0.353 e. The third-order valence-corrected chi connectivity index (χ3v) is 6.43. The van der Waals surface area contributed by atoms with Crippen molar-refractivity contribution < 1.29 is 29.1 Å². The van der Waals surface area contributed by atoms with E-state index in [1.807, 2.05) is 6.07 Å². The SMILES string of the molecule is COCCCCCCCCCCCC(=O)N(OCc1ccccc1)[C@](Cl)(C(=O)O)C(=C=O)CCCN. The number of hydroxylamine groups is 2. The second-order valence-electron chi connectivity index (χ2n) is 8.77. The number of carboxylic acids is 1. The maximum atomic E-state index is 13.1. The van der Waals surface area contributed by atoms with Crippen molar-refractivity contribution in [3.8, 4) is 0 Å². The van der Waals surface area contributed by atoms with Crippen molar-refractivity contribution in [1.29, 1.82) is 0 Å². The highest BCUT2D eigenvalue weighted by atomic mass is 35.5. The minimum atomic E-state index is -2.49. The standard InChI is InChI=1S/C27H41ClN2O6/c1-35-20-13-8-6-4-2-3-5-7-12-18-25(32)30(36-22-23-15-10-9-11-16-23)27(28,26(33)34)24(21-31)17-14-19-29/h9-11,15-16H,2-8,12-14,17-20,22,29H2,1H3,(H,33,34)/t27-/m0/s1. The molecular formula is C27H41ClN2O6. The first-order chi connectivity index (χ1) is 17.4. The van der Waals surface area contributed by atoms with Crippen LogP contribution < -0.4 is 5.73 Å². The van der Waals surface area contributed by atoms with E-state index >= 15 is 0 Å². The highest BCUT2D eigenvalue weighted by molar-refractivity contribution is 6.37. The molecule has 202 valence electrons. The van der Waals surface area contributed by atoms with Gasteiger partial charge in [0.25, 0.3) is 5.00 Å². The number of carboxylic acid groups (broad SMARTS) is 1. The van der Waals surface area contributed by atoms with Gasteiger partial charge in [0, 0.05) is 20.1 Å². The molecule has 3 N–H and O–H groups in total. The minimum absolute atomic E-state index is 0.0141. The number of methoxy groups -OCH3 is 1. The van der Waals surface area contributed by atoms with E-state index in [-0.39, 0.29) is 31.6 Å². The summed E-state index contributed by atoms with van der Waals surface area (Å²) in [5.74, 6) is -0.551. The van der Waals surface area contributed by atoms with Gasteiger partial charge in [-0.2, -0.15) is 5.06 Å². The Morgan fingerprint density at radius 1 is 0.972 bits per heavy atom. The van der Waals surface area contributed by atoms with Crippen LogP contribution in [-0.2, 0) is 30.6 Å². The van der Waals surface area contributed by atoms with Gasteiger partial charge in [-0.25, -0.2) is 9.59 Å². The molecule has 0 unspecified atom stereocenters. The van der Waals surface area contributed by atoms with Crippen molar-refractivity contribution in [3.63, 3.8) is 0 Å². The second kappa shape index (κ2) is 19.0. The van der Waals surface area contributed by atoms with E-state index in [9.17, 15) is 19.5 Å². The molecule has 0 aliphatic heterocycles. The van der Waals surface area contributed by atoms with Gasteiger partial charge < -0.3 is 15.6 Å². The van der Waals surface area contributed by atoms with Crippen molar-refractivity contribution in [2.24, 2.45) is 5.73 Å². The summed E-state index contributed by atoms with van der Waals surface area (Å²) in [6, 6.07) is 8.99. The lowest BCUT2D eigenvalue weighted by molar-refractivity contribution is -0.214. The highest BCUT2D eigenvalue weighted by Gasteiger charge is 2.50. The average molecular weight is 525 g/mol. The Morgan fingerprint density at radius 3 is 2.08 bits per heavy atom. The lowest BCUT2D eigenvalue weighted by Crippen LogP contribution is -2.54. The topological polar surface area (TPSA) is 119 Å². The summed E-state index contributed by atoms with van der Waals surface area (Å²) in [6.07, 6.45) is 9.60. The van der Waals surface area contributed by atoms with Crippen LogP contribution in [0.3, 0.4) is 0 Å². The van der Waals surface area contributed by atoms with Crippen LogP contribution >= 0.6 is 11.6 Å². The molecule has 0 aliphatic carbocycles. The molecule has 1 aromatic rings. The van der Waals surface area contributed by atoms with Crippen molar-refractivity contribution in [1.82, 2.24) is 5.06 Å². The number of carbonyl (C=O) groups is 2. The van der Waals surface area contributed by atoms with Crippen LogP contribution in [0.4, 0.5) is 0 Å². The van der Waals surface area contributed by atoms with Gasteiger partial charge in [-0.15, -0.1) is 0 Å². The Labute approximate surface area is 219 Å². The van der Waals surface area contributed by atoms with Crippen LogP contribution in [-0.4, -0.2) is 53.2 Å². The molecule has 0 saturated carbocycles. The second-order valence-corrected chi connectivity index (χ2v) is 9.32. The van der Waals surface area contributed by atoms with E-state index in [1.54, 1.807) is 37.3 Å². The first-order valence-corrected chi connectivity index (χ1v) is 13.1. The van der Waals surface area contributed by atoms with Crippen LogP contribution in [0.1, 0.15) is 82.6 Å². The van der Waals surface area contributed by atoms with E-state index in [1.165, 1.54) is 19.3 Å². The summed E-state index contributed by atoms with van der Waals surface area (Å²) >= 11 is 6.48. The zero-order chi connectivity index (χ0) is 26.7. The third kappa shape index (κ3) is 11.2. The fourth-order valence-electron chi connectivity index (χ4n) is 3.81. The number of aliphatic carboxylic acids is 1. The lowest BCUT2D eigenvalue weighted by Gasteiger charge is -2.35. The number of benzene rings is 1. The molecule has 0 aliphatic rings. The first-order valence-electron chi connectivity index (χ1n) is 12.8. The van der Waals surface area contributed by atoms with Crippen molar-refractivity contribution in [2.45, 2.75) is 88.7 Å². The maximum absolute atomic E-state index is 13.1. The number of alkyl halides is 1. The zero-order valence-electron chi connectivity index (χ0n) is 21.4. The number of amides is 1. The molecule has 8 nitrogen and oxygen atoms in total. The number of hydrogen-bond donors (Lipinski definition) is 2. The van der Waals surface area contributed by atoms with Crippen LogP contribution in [0.25, 0.3) is 0 Å². The number of ether oxygens (including phenoxy) is 1. The van der Waals surface area contributed by atoms with Gasteiger partial charge in [-0.1, -0.05) is 86.9 Å². The molecule has 1 amide bonds. The van der Waals surface area contributed by atoms with E-state index in [0.29, 0.717) is 17.9 Å². The number of nitrogens with two attached hydrogens (primary N) is 1. The normalized spacial score (nSPS) is 12.5. The van der Waals surface area contributed by atoms with Gasteiger partial charge in [0.2, 0.25) is 5.91 Å². The molecule has 0 spiro atoms. The van der Waals surface area contributed by atoms with Gasteiger partial charge in [0.15, 0.2) is 0 Å². The van der Waals surface area contributed by atoms with E-state index < -0.39 is 16.9 Å². The summed E-state index contributed by atoms with van der Waals surface area (Å²) in [5.41, 5.74) is 5.95. The summed E-state index contributed by atoms with van der Waals surface area (Å²) in [7, 11) is 1.72. The molecule has 36 heavy (non-hydrogen) atoms. The molecular weight excluding hydrogens is 484 g/mol. The van der Waals surface area contributed by atoms with E-state index in [2.05, 4.69) is 0 Å². The lowest BCUT2D eigenvalue weighted by atomic mass is 10.0. The molecule has 0 radical (unpaired) electrons. The number of nitrogens with zero attached hydrogens (tertiary/aromatic N) is 1. The predicted octanol–water partition coefficient (Wildman–Crippen LogP) is 5.01. The van der Waals surface area contributed by atoms with Crippen molar-refractivity contribution in [2.75, 3.05) is 20.3 Å². The fraction of sp³-hybridized carbons (Fsp3) is 0.630. The van der Waals surface area contributed by atoms with Crippen LogP contribution in [0, 0.1) is 0 Å². The minimum Gasteiger partial charge on any atom is -0.478 e. The molecule has 0 fully saturated rings. The van der Waals surface area contributed by atoms with Crippen molar-refractivity contribution >= 4 is 29.4 Å². The fourth-order valence-corrected chi connectivity index (χ4v) is 4.09. The molecule has 1 atom stereocenters. The number of rotatable bonds is 21. The first kappa shape index (κ1) is 31.8. The van der Waals surface area contributed by atoms with Crippen LogP contribution in [0.15, 0.2) is 35.9 Å². The summed E-state index contributed by atoms with van der Waals surface area (Å²) in [4.78, 5) is 40.2. The number of hydrogen-bond acceptors (Lipinski definition) is 6. The zero-order valence-corrected chi connectivity index (χ0v) is 22.1. The Balaban J connectivity index is 2.74. The van der Waals surface area contributed by atoms with Crippen LogP contribution in [0.2, 0.25) is 0 Å². The Hall–Kier alpha value is -2.22. The number of halogens is 1. The summed E-state index contributed by atoms with van der Waals surface area (Å²) < 4.78 is 5.05. The molecule has 0 bridgehead atoms. The Morgan fingerprint density at radius 2 is 1.56 bits per heavy atom. The highest BCUT2D eigenvalue weighted by Crippen LogP contribution is 2.33. The Kier molecular flexibility index (Phi) is 16.8. The monoisotopic (exact) mass is 524 g/mol. The summed E-state index contributed by atoms with van der Waals surface area (Å²) in [6.45, 7) is 0.953. The molecule has 0 saturated heterocycles. The van der Waals surface area contributed by atoms with Crippen LogP contribution in [0.5, 0.6) is 0 Å². The van der Waals surface area contributed by atoms with Gasteiger partial charge in [-0.3, -0.25) is 9.63 Å². The molecule has 0 aromatic heterocycles. The van der Waals surface area contributed by atoms with Gasteiger partial charge >= 0.3 is 5.97 Å². The average Bonchev–Trinajstić information content (AvgIpc) is 2.88. The predicted molar refractivity (Wildman–Crippen MR) is 140 cm³/mol. The van der Waals surface area contributed by atoms with Gasteiger partial charge in [0.1, 0.15) is 12.5 Å². The number of carbonyl (C=O) groups excluding carboxylic acids is 2. The third-order valence-electron chi connectivity index (χ3n) is 5.89. The van der Waals surface area contributed by atoms with Gasteiger partial charge in [-0.05, 0) is 37.8 Å². The molecule has 0 heterocycles. The quantitative estimate of drug-likeness (QED) is 0.0762. The van der Waals surface area contributed by atoms with E-state index in [4.69, 9.17) is 26.9 Å². The summed E-state index contributed by atoms with van der Waals surface area (Å²) in [5, 5.41) is 10.6. The Bertz CT molecular complexity index is 816.